The quantitative estimate of drug-likeness (QED) is 0.676. The Kier molecular flexibility index (Phi) is 3.72. The number of hydrogen-bond acceptors (Lipinski definition) is 2. The van der Waals surface area contributed by atoms with Crippen LogP contribution in [0.2, 0.25) is 0 Å². The van der Waals surface area contributed by atoms with Crippen molar-refractivity contribution in [3.05, 3.63) is 0 Å². The number of rotatable bonds is 5. The van der Waals surface area contributed by atoms with Crippen LogP contribution in [0.4, 0.5) is 0 Å². The zero-order chi connectivity index (χ0) is 9.73. The van der Waals surface area contributed by atoms with E-state index in [0.717, 1.165) is 19.3 Å². The molecule has 0 aromatic heterocycles. The molecule has 1 amide bonds. The van der Waals surface area contributed by atoms with E-state index in [2.05, 4.69) is 12.2 Å². The van der Waals surface area contributed by atoms with Crippen molar-refractivity contribution >= 4 is 5.91 Å². The highest BCUT2D eigenvalue weighted by molar-refractivity contribution is 5.76. The Morgan fingerprint density at radius 2 is 2.23 bits per heavy atom. The molecule has 0 saturated heterocycles. The standard InChI is InChI=1S/C10H19NO2/c1-2-10(6-4-7-10)11-9(13)5-3-8-12/h12H,2-8H2,1H3,(H,11,13). The molecule has 76 valence electrons. The second-order valence-corrected chi connectivity index (χ2v) is 3.86. The Morgan fingerprint density at radius 1 is 1.54 bits per heavy atom. The van der Waals surface area contributed by atoms with E-state index in [1.54, 1.807) is 0 Å². The molecule has 1 fully saturated rings. The highest BCUT2D eigenvalue weighted by atomic mass is 16.3. The first kappa shape index (κ1) is 10.5. The third kappa shape index (κ3) is 2.69. The molecule has 0 aromatic carbocycles. The van der Waals surface area contributed by atoms with E-state index in [1.165, 1.54) is 6.42 Å². The van der Waals surface area contributed by atoms with Crippen LogP contribution in [0.1, 0.15) is 45.4 Å². The number of aliphatic hydroxyl groups is 1. The largest absolute Gasteiger partial charge is 0.396 e. The average Bonchev–Trinajstić information content (AvgIpc) is 2.08. The lowest BCUT2D eigenvalue weighted by atomic mass is 9.75. The maximum Gasteiger partial charge on any atom is 0.220 e. The van der Waals surface area contributed by atoms with Gasteiger partial charge in [0.2, 0.25) is 5.91 Å². The van der Waals surface area contributed by atoms with Crippen molar-refractivity contribution in [1.82, 2.24) is 5.32 Å². The normalized spacial score (nSPS) is 19.2. The maximum absolute atomic E-state index is 11.3. The molecule has 13 heavy (non-hydrogen) atoms. The van der Waals surface area contributed by atoms with Crippen LogP contribution >= 0.6 is 0 Å². The molecule has 0 unspecified atom stereocenters. The highest BCUT2D eigenvalue weighted by Gasteiger charge is 2.35. The van der Waals surface area contributed by atoms with Gasteiger partial charge in [0.1, 0.15) is 0 Å². The number of nitrogens with one attached hydrogen (secondary N) is 1. The van der Waals surface area contributed by atoms with Gasteiger partial charge in [-0.05, 0) is 32.1 Å². The zero-order valence-corrected chi connectivity index (χ0v) is 8.31. The molecule has 0 atom stereocenters. The summed E-state index contributed by atoms with van der Waals surface area (Å²) in [6.45, 7) is 2.22. The minimum absolute atomic E-state index is 0.0931. The molecule has 3 nitrogen and oxygen atoms in total. The van der Waals surface area contributed by atoms with Gasteiger partial charge in [0, 0.05) is 18.6 Å². The predicted octanol–water partition coefficient (Wildman–Crippen LogP) is 1.21. The molecule has 0 radical (unpaired) electrons. The summed E-state index contributed by atoms with van der Waals surface area (Å²) in [6.07, 6.45) is 5.53. The van der Waals surface area contributed by atoms with Crippen molar-refractivity contribution in [2.24, 2.45) is 0 Å². The summed E-state index contributed by atoms with van der Waals surface area (Å²) < 4.78 is 0. The summed E-state index contributed by atoms with van der Waals surface area (Å²) in [5, 5.41) is 11.6. The smallest absolute Gasteiger partial charge is 0.220 e. The number of aliphatic hydroxyl groups excluding tert-OH is 1. The first-order valence-electron chi connectivity index (χ1n) is 5.14. The lowest BCUT2D eigenvalue weighted by molar-refractivity contribution is -0.124. The Hall–Kier alpha value is -0.570. The van der Waals surface area contributed by atoms with Crippen molar-refractivity contribution in [2.45, 2.75) is 51.0 Å². The van der Waals surface area contributed by atoms with Crippen molar-refractivity contribution in [3.8, 4) is 0 Å². The monoisotopic (exact) mass is 185 g/mol. The Balaban J connectivity index is 2.25. The third-order valence-electron chi connectivity index (χ3n) is 2.95. The molecule has 3 heteroatoms. The van der Waals surface area contributed by atoms with Gasteiger partial charge in [0.15, 0.2) is 0 Å². The first-order valence-corrected chi connectivity index (χ1v) is 5.14. The summed E-state index contributed by atoms with van der Waals surface area (Å²) in [5.41, 5.74) is 0.104. The average molecular weight is 185 g/mol. The summed E-state index contributed by atoms with van der Waals surface area (Å²) in [5.74, 6) is 0.0931. The fraction of sp³-hybridized carbons (Fsp3) is 0.900. The molecule has 1 rings (SSSR count). The predicted molar refractivity (Wildman–Crippen MR) is 51.3 cm³/mol. The molecule has 0 aliphatic heterocycles. The summed E-state index contributed by atoms with van der Waals surface area (Å²) in [4.78, 5) is 11.3. The lowest BCUT2D eigenvalue weighted by Gasteiger charge is -2.42. The molecular weight excluding hydrogens is 166 g/mol. The summed E-state index contributed by atoms with van der Waals surface area (Å²) in [6, 6.07) is 0. The van der Waals surface area contributed by atoms with E-state index in [0.29, 0.717) is 12.8 Å². The van der Waals surface area contributed by atoms with Gasteiger partial charge in [-0.15, -0.1) is 0 Å². The Bertz CT molecular complexity index is 170. The van der Waals surface area contributed by atoms with Crippen molar-refractivity contribution in [1.29, 1.82) is 0 Å². The highest BCUT2D eigenvalue weighted by Crippen LogP contribution is 2.34. The first-order chi connectivity index (χ1) is 6.22. The van der Waals surface area contributed by atoms with Gasteiger partial charge in [-0.2, -0.15) is 0 Å². The number of carbonyl (C=O) groups is 1. The van der Waals surface area contributed by atoms with Gasteiger partial charge in [-0.1, -0.05) is 6.92 Å². The van der Waals surface area contributed by atoms with Crippen LogP contribution in [-0.4, -0.2) is 23.2 Å². The van der Waals surface area contributed by atoms with E-state index in [-0.39, 0.29) is 18.1 Å². The minimum Gasteiger partial charge on any atom is -0.396 e. The van der Waals surface area contributed by atoms with Gasteiger partial charge in [0.05, 0.1) is 0 Å². The van der Waals surface area contributed by atoms with Crippen molar-refractivity contribution < 1.29 is 9.90 Å². The van der Waals surface area contributed by atoms with Crippen LogP contribution in [0, 0.1) is 0 Å². The van der Waals surface area contributed by atoms with E-state index < -0.39 is 0 Å². The van der Waals surface area contributed by atoms with E-state index in [1.807, 2.05) is 0 Å². The van der Waals surface area contributed by atoms with E-state index in [4.69, 9.17) is 5.11 Å². The van der Waals surface area contributed by atoms with Crippen LogP contribution in [0.15, 0.2) is 0 Å². The number of amides is 1. The second-order valence-electron chi connectivity index (χ2n) is 3.86. The Morgan fingerprint density at radius 3 is 2.62 bits per heavy atom. The fourth-order valence-corrected chi connectivity index (χ4v) is 1.77. The van der Waals surface area contributed by atoms with Gasteiger partial charge in [-0.3, -0.25) is 4.79 Å². The molecule has 0 spiro atoms. The third-order valence-corrected chi connectivity index (χ3v) is 2.95. The van der Waals surface area contributed by atoms with E-state index >= 15 is 0 Å². The maximum atomic E-state index is 11.3. The van der Waals surface area contributed by atoms with Gasteiger partial charge in [-0.25, -0.2) is 0 Å². The molecule has 1 aliphatic carbocycles. The van der Waals surface area contributed by atoms with Gasteiger partial charge >= 0.3 is 0 Å². The molecule has 2 N–H and O–H groups in total. The molecule has 0 aromatic rings. The van der Waals surface area contributed by atoms with Crippen LogP contribution in [0.3, 0.4) is 0 Å². The topological polar surface area (TPSA) is 49.3 Å². The molecular formula is C10H19NO2. The molecule has 0 heterocycles. The fourth-order valence-electron chi connectivity index (χ4n) is 1.77. The summed E-state index contributed by atoms with van der Waals surface area (Å²) in [7, 11) is 0. The van der Waals surface area contributed by atoms with Gasteiger partial charge < -0.3 is 10.4 Å². The summed E-state index contributed by atoms with van der Waals surface area (Å²) >= 11 is 0. The number of hydrogen-bond donors (Lipinski definition) is 2. The van der Waals surface area contributed by atoms with Crippen LogP contribution < -0.4 is 5.32 Å². The molecule has 1 aliphatic rings. The van der Waals surface area contributed by atoms with Crippen LogP contribution in [-0.2, 0) is 4.79 Å². The SMILES string of the molecule is CCC1(NC(=O)CCCO)CCC1. The lowest BCUT2D eigenvalue weighted by Crippen LogP contribution is -2.52. The molecule has 0 bridgehead atoms. The van der Waals surface area contributed by atoms with Crippen molar-refractivity contribution in [3.63, 3.8) is 0 Å². The van der Waals surface area contributed by atoms with Crippen LogP contribution in [0.5, 0.6) is 0 Å². The Labute approximate surface area is 79.5 Å². The molecule has 1 saturated carbocycles. The van der Waals surface area contributed by atoms with Gasteiger partial charge in [0.25, 0.3) is 0 Å². The van der Waals surface area contributed by atoms with Crippen molar-refractivity contribution in [2.75, 3.05) is 6.61 Å². The zero-order valence-electron chi connectivity index (χ0n) is 8.31. The van der Waals surface area contributed by atoms with Crippen LogP contribution in [0.25, 0.3) is 0 Å². The number of carbonyl (C=O) groups excluding carboxylic acids is 1. The minimum atomic E-state index is 0.0931. The van der Waals surface area contributed by atoms with E-state index in [9.17, 15) is 4.79 Å². The second kappa shape index (κ2) is 4.61.